The van der Waals surface area contributed by atoms with Gasteiger partial charge >= 0.3 is 5.97 Å². The Kier molecular flexibility index (Phi) is 8.90. The molecule has 242 valence electrons. The third kappa shape index (κ3) is 5.81. The molecule has 5 aromatic carbocycles. The molecule has 0 fully saturated rings. The van der Waals surface area contributed by atoms with Gasteiger partial charge < -0.3 is 14.0 Å². The van der Waals surface area contributed by atoms with Gasteiger partial charge in [0.15, 0.2) is 5.82 Å². The van der Waals surface area contributed by atoms with Gasteiger partial charge in [0.1, 0.15) is 23.7 Å². The molecule has 2 aromatic heterocycles. The summed E-state index contributed by atoms with van der Waals surface area (Å²) in [5.41, 5.74) is 6.43. The topological polar surface area (TPSA) is 97.0 Å². The lowest BCUT2D eigenvalue weighted by atomic mass is 9.77. The molecule has 0 unspecified atom stereocenters. The molecule has 0 bridgehead atoms. The predicted molar refractivity (Wildman–Crippen MR) is 187 cm³/mol. The van der Waals surface area contributed by atoms with Gasteiger partial charge in [0, 0.05) is 19.2 Å². The fraction of sp³-hybridized carbons (Fsp3) is 0.125. The van der Waals surface area contributed by atoms with Gasteiger partial charge in [0.25, 0.3) is 0 Å². The monoisotopic (exact) mass is 646 g/mol. The minimum Gasteiger partial charge on any atom is -0.464 e. The second-order valence-electron chi connectivity index (χ2n) is 11.5. The molecule has 0 atom stereocenters. The quantitative estimate of drug-likeness (QED) is 0.110. The van der Waals surface area contributed by atoms with Crippen molar-refractivity contribution in [3.05, 3.63) is 179 Å². The molecule has 0 amide bonds. The zero-order chi connectivity index (χ0) is 33.6. The van der Waals surface area contributed by atoms with Crippen LogP contribution in [0.1, 0.15) is 38.6 Å². The average molecular weight is 647 g/mol. The highest BCUT2D eigenvalue weighted by Gasteiger charge is 2.42. The normalized spacial score (nSPS) is 11.4. The Morgan fingerprint density at radius 1 is 0.694 bits per heavy atom. The summed E-state index contributed by atoms with van der Waals surface area (Å²) in [7, 11) is 2.96. The number of hydrogen-bond acceptors (Lipinski definition) is 7. The summed E-state index contributed by atoms with van der Waals surface area (Å²) in [5.74, 6) is 0.820. The molecule has 2 heterocycles. The van der Waals surface area contributed by atoms with E-state index in [1.165, 1.54) is 13.3 Å². The predicted octanol–water partition coefficient (Wildman–Crippen LogP) is 7.03. The van der Waals surface area contributed by atoms with E-state index in [0.717, 1.165) is 38.9 Å². The van der Waals surface area contributed by atoms with Crippen LogP contribution >= 0.6 is 0 Å². The maximum Gasteiger partial charge on any atom is 0.356 e. The first-order valence-corrected chi connectivity index (χ1v) is 15.9. The van der Waals surface area contributed by atoms with Gasteiger partial charge in [-0.2, -0.15) is 0 Å². The van der Waals surface area contributed by atoms with E-state index in [1.807, 2.05) is 76.0 Å². The van der Waals surface area contributed by atoms with Crippen molar-refractivity contribution in [3.8, 4) is 22.5 Å². The van der Waals surface area contributed by atoms with Crippen LogP contribution in [0.15, 0.2) is 146 Å². The number of aromatic nitrogens is 6. The SMILES string of the molecule is COCc1ncc(C(=O)OC)n1Cc1ccc(-c2ccccc2-c2nnnn2C(c2ccccc2)(c2ccccc2)c2ccccc2)cc1. The van der Waals surface area contributed by atoms with E-state index in [0.29, 0.717) is 23.9 Å². The number of imidazole rings is 1. The zero-order valence-corrected chi connectivity index (χ0v) is 27.2. The number of ether oxygens (including phenoxy) is 2. The first-order chi connectivity index (χ1) is 24.1. The summed E-state index contributed by atoms with van der Waals surface area (Å²) in [6.45, 7) is 0.699. The van der Waals surface area contributed by atoms with E-state index >= 15 is 0 Å². The Balaban J connectivity index is 1.34. The fourth-order valence-electron chi connectivity index (χ4n) is 6.49. The van der Waals surface area contributed by atoms with E-state index in [2.05, 4.69) is 88.1 Å². The summed E-state index contributed by atoms with van der Waals surface area (Å²) in [6, 6.07) is 47.5. The van der Waals surface area contributed by atoms with Crippen LogP contribution in [-0.4, -0.2) is 49.9 Å². The highest BCUT2D eigenvalue weighted by atomic mass is 16.5. The van der Waals surface area contributed by atoms with E-state index in [9.17, 15) is 4.79 Å². The summed E-state index contributed by atoms with van der Waals surface area (Å²) in [5, 5.41) is 13.7. The molecule has 49 heavy (non-hydrogen) atoms. The molecule has 0 saturated heterocycles. The van der Waals surface area contributed by atoms with Gasteiger partial charge in [0.2, 0.25) is 0 Å². The van der Waals surface area contributed by atoms with E-state index < -0.39 is 11.5 Å². The van der Waals surface area contributed by atoms with Crippen LogP contribution in [0.4, 0.5) is 0 Å². The molecule has 0 aliphatic heterocycles. The molecule has 9 nitrogen and oxygen atoms in total. The van der Waals surface area contributed by atoms with Crippen molar-refractivity contribution in [3.63, 3.8) is 0 Å². The Bertz CT molecular complexity index is 2060. The number of carbonyl (C=O) groups excluding carboxylic acids is 1. The first kappa shape index (κ1) is 31.4. The smallest absolute Gasteiger partial charge is 0.356 e. The number of hydrogen-bond donors (Lipinski definition) is 0. The lowest BCUT2D eigenvalue weighted by Crippen LogP contribution is -2.39. The standard InChI is InChI=1S/C40H34N6O3/c1-48-28-37-41-26-36(39(47)49-2)45(37)27-29-22-24-30(25-23-29)34-20-12-13-21-35(34)38-42-43-44-46(38)40(31-14-6-3-7-15-31,32-16-8-4-9-17-32)33-18-10-5-11-19-33/h3-26H,27-28H2,1-2H3. The van der Waals surface area contributed by atoms with Gasteiger partial charge in [-0.05, 0) is 43.8 Å². The lowest BCUT2D eigenvalue weighted by Gasteiger charge is -2.36. The van der Waals surface area contributed by atoms with Crippen LogP contribution in [0.2, 0.25) is 0 Å². The molecular formula is C40H34N6O3. The van der Waals surface area contributed by atoms with Crippen LogP contribution in [0.3, 0.4) is 0 Å². The minimum atomic E-state index is -0.873. The molecule has 0 spiro atoms. The largest absolute Gasteiger partial charge is 0.464 e. The van der Waals surface area contributed by atoms with Crippen molar-refractivity contribution in [1.82, 2.24) is 29.8 Å². The molecule has 7 rings (SSSR count). The molecule has 0 aliphatic rings. The van der Waals surface area contributed by atoms with Crippen LogP contribution in [-0.2, 0) is 28.2 Å². The van der Waals surface area contributed by atoms with Crippen LogP contribution < -0.4 is 0 Å². The number of tetrazole rings is 1. The summed E-state index contributed by atoms with van der Waals surface area (Å²) in [6.07, 6.45) is 1.52. The van der Waals surface area contributed by atoms with Gasteiger partial charge in [-0.1, -0.05) is 140 Å². The summed E-state index contributed by atoms with van der Waals surface area (Å²) in [4.78, 5) is 16.8. The van der Waals surface area contributed by atoms with Crippen LogP contribution in [0.25, 0.3) is 22.5 Å². The average Bonchev–Trinajstić information content (AvgIpc) is 3.81. The van der Waals surface area contributed by atoms with Gasteiger partial charge in [-0.3, -0.25) is 0 Å². The number of nitrogens with zero attached hydrogens (tertiary/aromatic N) is 6. The number of methoxy groups -OCH3 is 2. The Morgan fingerprint density at radius 2 is 1.24 bits per heavy atom. The van der Waals surface area contributed by atoms with Gasteiger partial charge in [0.05, 0.1) is 13.3 Å². The van der Waals surface area contributed by atoms with E-state index in [-0.39, 0.29) is 6.61 Å². The highest BCUT2D eigenvalue weighted by Crippen LogP contribution is 2.43. The minimum absolute atomic E-state index is 0.271. The fourth-order valence-corrected chi connectivity index (χ4v) is 6.49. The number of carbonyl (C=O) groups is 1. The number of rotatable bonds is 11. The molecule has 0 aliphatic carbocycles. The van der Waals surface area contributed by atoms with E-state index in [1.54, 1.807) is 7.11 Å². The van der Waals surface area contributed by atoms with Gasteiger partial charge in [-0.25, -0.2) is 14.5 Å². The molecule has 0 N–H and O–H groups in total. The van der Waals surface area contributed by atoms with Crippen molar-refractivity contribution < 1.29 is 14.3 Å². The third-order valence-corrected chi connectivity index (χ3v) is 8.74. The maximum atomic E-state index is 12.5. The lowest BCUT2D eigenvalue weighted by molar-refractivity contribution is 0.0587. The first-order valence-electron chi connectivity index (χ1n) is 15.9. The highest BCUT2D eigenvalue weighted by molar-refractivity contribution is 5.87. The number of benzene rings is 5. The maximum absolute atomic E-state index is 12.5. The Morgan fingerprint density at radius 3 is 1.80 bits per heavy atom. The third-order valence-electron chi connectivity index (χ3n) is 8.74. The molecular weight excluding hydrogens is 612 g/mol. The van der Waals surface area contributed by atoms with Crippen molar-refractivity contribution in [2.24, 2.45) is 0 Å². The molecule has 0 saturated carbocycles. The second-order valence-corrected chi connectivity index (χ2v) is 11.5. The second kappa shape index (κ2) is 13.9. The zero-order valence-electron chi connectivity index (χ0n) is 27.2. The van der Waals surface area contributed by atoms with Crippen molar-refractivity contribution in [2.45, 2.75) is 18.7 Å². The molecule has 7 aromatic rings. The summed E-state index contributed by atoms with van der Waals surface area (Å²) >= 11 is 0. The van der Waals surface area contributed by atoms with Crippen molar-refractivity contribution in [2.75, 3.05) is 14.2 Å². The van der Waals surface area contributed by atoms with E-state index in [4.69, 9.17) is 14.7 Å². The molecule has 0 radical (unpaired) electrons. The Hall–Kier alpha value is -6.19. The van der Waals surface area contributed by atoms with Crippen molar-refractivity contribution in [1.29, 1.82) is 0 Å². The van der Waals surface area contributed by atoms with Crippen LogP contribution in [0.5, 0.6) is 0 Å². The van der Waals surface area contributed by atoms with Gasteiger partial charge in [-0.15, -0.1) is 5.10 Å². The Labute approximate surface area is 284 Å². The van der Waals surface area contributed by atoms with Crippen molar-refractivity contribution >= 4 is 5.97 Å². The summed E-state index contributed by atoms with van der Waals surface area (Å²) < 4.78 is 14.1. The van der Waals surface area contributed by atoms with Crippen LogP contribution in [0, 0.1) is 0 Å². The number of esters is 1. The molecule has 9 heteroatoms.